The first-order valence-corrected chi connectivity index (χ1v) is 10.6. The lowest BCUT2D eigenvalue weighted by Crippen LogP contribution is -2.52. The molecule has 0 saturated carbocycles. The lowest BCUT2D eigenvalue weighted by molar-refractivity contribution is -0.120. The molecule has 1 aliphatic heterocycles. The summed E-state index contributed by atoms with van der Waals surface area (Å²) in [5.74, 6) is -0.493. The number of nitrogens with zero attached hydrogens (tertiary/aromatic N) is 1. The van der Waals surface area contributed by atoms with Gasteiger partial charge in [-0.2, -0.15) is 0 Å². The topological polar surface area (TPSA) is 61.4 Å². The van der Waals surface area contributed by atoms with Crippen LogP contribution in [0.4, 0.5) is 5.69 Å². The van der Waals surface area contributed by atoms with Crippen molar-refractivity contribution in [2.75, 3.05) is 25.5 Å². The predicted octanol–water partition coefficient (Wildman–Crippen LogP) is 3.69. The van der Waals surface area contributed by atoms with Crippen molar-refractivity contribution in [1.82, 2.24) is 10.2 Å². The molecule has 0 bridgehead atoms. The lowest BCUT2D eigenvalue weighted by Gasteiger charge is -2.25. The molecule has 0 atom stereocenters. The minimum absolute atomic E-state index is 0.239. The van der Waals surface area contributed by atoms with Crippen LogP contribution >= 0.6 is 27.3 Å². The summed E-state index contributed by atoms with van der Waals surface area (Å²) in [6.45, 7) is 5.49. The van der Waals surface area contributed by atoms with Crippen molar-refractivity contribution in [3.05, 3.63) is 50.1 Å². The van der Waals surface area contributed by atoms with Gasteiger partial charge in [-0.1, -0.05) is 6.07 Å². The summed E-state index contributed by atoms with van der Waals surface area (Å²) in [4.78, 5) is 28.0. The standard InChI is InChI=1S/C20H24BrN3O2S/c1-20(2,23-18(25)16-6-7-17(21)27-16)19(26)22-15-5-4-13-8-10-24(3)11-9-14(13)12-15/h4-7,12H,8-11H2,1-3H3,(H,22,26)(H,23,25). The van der Waals surface area contributed by atoms with Crippen LogP contribution in [0.15, 0.2) is 34.1 Å². The van der Waals surface area contributed by atoms with Crippen LogP contribution in [0.25, 0.3) is 0 Å². The molecule has 7 heteroatoms. The Morgan fingerprint density at radius 2 is 1.81 bits per heavy atom. The highest BCUT2D eigenvalue weighted by atomic mass is 79.9. The Kier molecular flexibility index (Phi) is 6.03. The van der Waals surface area contributed by atoms with E-state index in [4.69, 9.17) is 0 Å². The highest BCUT2D eigenvalue weighted by Crippen LogP contribution is 2.23. The third kappa shape index (κ3) is 4.97. The van der Waals surface area contributed by atoms with E-state index in [9.17, 15) is 9.59 Å². The first-order valence-electron chi connectivity index (χ1n) is 8.94. The molecule has 1 aliphatic rings. The molecule has 2 heterocycles. The maximum atomic E-state index is 12.8. The highest BCUT2D eigenvalue weighted by molar-refractivity contribution is 9.11. The van der Waals surface area contributed by atoms with E-state index >= 15 is 0 Å². The Labute approximate surface area is 172 Å². The van der Waals surface area contributed by atoms with Crippen LogP contribution < -0.4 is 10.6 Å². The van der Waals surface area contributed by atoms with E-state index in [0.29, 0.717) is 4.88 Å². The number of fused-ring (bicyclic) bond motifs is 1. The average molecular weight is 450 g/mol. The number of amides is 2. The highest BCUT2D eigenvalue weighted by Gasteiger charge is 2.30. The van der Waals surface area contributed by atoms with Gasteiger partial charge in [0.05, 0.1) is 8.66 Å². The van der Waals surface area contributed by atoms with Gasteiger partial charge in [-0.25, -0.2) is 0 Å². The van der Waals surface area contributed by atoms with Gasteiger partial charge in [0.1, 0.15) is 5.54 Å². The van der Waals surface area contributed by atoms with Crippen LogP contribution in [0, 0.1) is 0 Å². The molecule has 0 fully saturated rings. The van der Waals surface area contributed by atoms with Gasteiger partial charge >= 0.3 is 0 Å². The molecule has 0 radical (unpaired) electrons. The normalized spacial score (nSPS) is 15.0. The Hall–Kier alpha value is -1.70. The Balaban J connectivity index is 1.68. The van der Waals surface area contributed by atoms with Crippen molar-refractivity contribution in [3.8, 4) is 0 Å². The summed E-state index contributed by atoms with van der Waals surface area (Å²) in [5, 5.41) is 5.77. The average Bonchev–Trinajstić information content (AvgIpc) is 2.96. The molecule has 2 N–H and O–H groups in total. The van der Waals surface area contributed by atoms with Crippen LogP contribution in [0.5, 0.6) is 0 Å². The fraction of sp³-hybridized carbons (Fsp3) is 0.400. The molecule has 0 spiro atoms. The van der Waals surface area contributed by atoms with E-state index in [1.807, 2.05) is 12.1 Å². The van der Waals surface area contributed by atoms with Crippen LogP contribution in [0.1, 0.15) is 34.6 Å². The zero-order valence-corrected chi connectivity index (χ0v) is 18.2. The van der Waals surface area contributed by atoms with Crippen molar-refractivity contribution in [2.24, 2.45) is 0 Å². The van der Waals surface area contributed by atoms with Gasteiger partial charge in [0, 0.05) is 18.8 Å². The maximum Gasteiger partial charge on any atom is 0.262 e. The van der Waals surface area contributed by atoms with Crippen molar-refractivity contribution in [1.29, 1.82) is 0 Å². The molecule has 3 rings (SSSR count). The van der Waals surface area contributed by atoms with E-state index < -0.39 is 5.54 Å². The van der Waals surface area contributed by atoms with Crippen molar-refractivity contribution in [3.63, 3.8) is 0 Å². The third-order valence-electron chi connectivity index (χ3n) is 4.78. The van der Waals surface area contributed by atoms with Crippen LogP contribution in [0.3, 0.4) is 0 Å². The molecular weight excluding hydrogens is 426 g/mol. The second-order valence-electron chi connectivity index (χ2n) is 7.42. The SMILES string of the molecule is CN1CCc2ccc(NC(=O)C(C)(C)NC(=O)c3ccc(Br)s3)cc2CC1. The quantitative estimate of drug-likeness (QED) is 0.747. The fourth-order valence-corrected chi connectivity index (χ4v) is 4.32. The molecule has 27 heavy (non-hydrogen) atoms. The number of nitrogens with one attached hydrogen (secondary N) is 2. The number of hydrogen-bond donors (Lipinski definition) is 2. The summed E-state index contributed by atoms with van der Waals surface area (Å²) in [6, 6.07) is 9.65. The van der Waals surface area contributed by atoms with Crippen molar-refractivity contribution >= 4 is 44.8 Å². The van der Waals surface area contributed by atoms with E-state index in [1.54, 1.807) is 19.9 Å². The number of halogens is 1. The van der Waals surface area contributed by atoms with Gasteiger partial charge < -0.3 is 15.5 Å². The van der Waals surface area contributed by atoms with Crippen LogP contribution in [0.2, 0.25) is 0 Å². The number of likely N-dealkylation sites (N-methyl/N-ethyl adjacent to an activating group) is 1. The third-order valence-corrected chi connectivity index (χ3v) is 6.40. The number of thiophene rings is 1. The molecule has 1 aromatic heterocycles. The maximum absolute atomic E-state index is 12.8. The number of rotatable bonds is 4. The minimum atomic E-state index is -1.03. The molecule has 0 unspecified atom stereocenters. The second-order valence-corrected chi connectivity index (χ2v) is 9.89. The molecule has 5 nitrogen and oxygen atoms in total. The fourth-order valence-electron chi connectivity index (χ4n) is 3.04. The molecular formula is C20H24BrN3O2S. The summed E-state index contributed by atoms with van der Waals surface area (Å²) >= 11 is 4.69. The zero-order chi connectivity index (χ0) is 19.6. The summed E-state index contributed by atoms with van der Waals surface area (Å²) in [7, 11) is 2.13. The zero-order valence-electron chi connectivity index (χ0n) is 15.8. The van der Waals surface area contributed by atoms with Gasteiger partial charge in [-0.3, -0.25) is 9.59 Å². The summed E-state index contributed by atoms with van der Waals surface area (Å²) in [5.41, 5.74) is 2.36. The first-order chi connectivity index (χ1) is 12.7. The number of anilines is 1. The Morgan fingerprint density at radius 3 is 2.48 bits per heavy atom. The monoisotopic (exact) mass is 449 g/mol. The van der Waals surface area contributed by atoms with Crippen LogP contribution in [-0.4, -0.2) is 42.4 Å². The number of carbonyl (C=O) groups excluding carboxylic acids is 2. The van der Waals surface area contributed by atoms with Gasteiger partial charge in [0.2, 0.25) is 5.91 Å². The predicted molar refractivity (Wildman–Crippen MR) is 114 cm³/mol. The number of carbonyl (C=O) groups is 2. The molecule has 0 aliphatic carbocycles. The van der Waals surface area contributed by atoms with Crippen LogP contribution in [-0.2, 0) is 17.6 Å². The molecule has 2 aromatic rings. The van der Waals surface area contributed by atoms with E-state index in [0.717, 1.165) is 35.4 Å². The van der Waals surface area contributed by atoms with Gasteiger partial charge in [0.25, 0.3) is 5.91 Å². The number of hydrogen-bond acceptors (Lipinski definition) is 4. The van der Waals surface area contributed by atoms with Crippen molar-refractivity contribution in [2.45, 2.75) is 32.2 Å². The molecule has 0 saturated heterocycles. The molecule has 1 aromatic carbocycles. The van der Waals surface area contributed by atoms with E-state index in [2.05, 4.69) is 50.6 Å². The lowest BCUT2D eigenvalue weighted by atomic mass is 10.0. The Bertz CT molecular complexity index is 863. The molecule has 144 valence electrons. The van der Waals surface area contributed by atoms with E-state index in [-0.39, 0.29) is 11.8 Å². The van der Waals surface area contributed by atoms with Gasteiger partial charge in [-0.15, -0.1) is 11.3 Å². The van der Waals surface area contributed by atoms with E-state index in [1.165, 1.54) is 22.5 Å². The van der Waals surface area contributed by atoms with Gasteiger partial charge in [0.15, 0.2) is 0 Å². The van der Waals surface area contributed by atoms with Gasteiger partial charge in [-0.05, 0) is 85.1 Å². The smallest absolute Gasteiger partial charge is 0.262 e. The molecule has 2 amide bonds. The largest absolute Gasteiger partial charge is 0.337 e. The van der Waals surface area contributed by atoms with Crippen molar-refractivity contribution < 1.29 is 9.59 Å². The number of benzene rings is 1. The summed E-state index contributed by atoms with van der Waals surface area (Å²) < 4.78 is 0.880. The minimum Gasteiger partial charge on any atom is -0.337 e. The first kappa shape index (κ1) is 20.0. The summed E-state index contributed by atoms with van der Waals surface area (Å²) in [6.07, 6.45) is 2.00. The Morgan fingerprint density at radius 1 is 1.11 bits per heavy atom. The second kappa shape index (κ2) is 8.12.